The monoisotopic (exact) mass is 369 g/mol. The molecule has 1 fully saturated rings. The van der Waals surface area contributed by atoms with Crippen molar-refractivity contribution in [3.63, 3.8) is 0 Å². The summed E-state index contributed by atoms with van der Waals surface area (Å²) >= 11 is 0. The Morgan fingerprint density at radius 1 is 1.15 bits per heavy atom. The van der Waals surface area contributed by atoms with Crippen LogP contribution in [0.3, 0.4) is 0 Å². The van der Waals surface area contributed by atoms with Gasteiger partial charge >= 0.3 is 5.97 Å². The van der Waals surface area contributed by atoms with E-state index in [4.69, 9.17) is 5.11 Å². The number of piperidine rings is 1. The molecule has 3 rings (SSSR count). The fraction of sp³-hybridized carbons (Fsp3) is 0.421. The standard InChI is InChI=1S/C19H23N5O3/c1-2-23(18(25)15-11-22-16(12-21-15)19(26)27)13-14-6-9-24(10-7-14)17-5-3-4-8-20-17/h3-5,8,11-12,14H,2,6-7,9-10,13H2,1H3,(H,26,27). The minimum Gasteiger partial charge on any atom is -0.476 e. The summed E-state index contributed by atoms with van der Waals surface area (Å²) in [6, 6.07) is 5.91. The molecule has 0 spiro atoms. The molecule has 27 heavy (non-hydrogen) atoms. The lowest BCUT2D eigenvalue weighted by molar-refractivity contribution is 0.0683. The highest BCUT2D eigenvalue weighted by Gasteiger charge is 2.25. The van der Waals surface area contributed by atoms with E-state index in [9.17, 15) is 9.59 Å². The molecule has 1 N–H and O–H groups in total. The van der Waals surface area contributed by atoms with Gasteiger partial charge in [-0.15, -0.1) is 0 Å². The van der Waals surface area contributed by atoms with Crippen LogP contribution < -0.4 is 4.90 Å². The molecule has 0 bridgehead atoms. The van der Waals surface area contributed by atoms with Crippen LogP contribution in [0, 0.1) is 5.92 Å². The van der Waals surface area contributed by atoms with Gasteiger partial charge in [-0.2, -0.15) is 0 Å². The second kappa shape index (κ2) is 8.57. The molecule has 1 aliphatic heterocycles. The van der Waals surface area contributed by atoms with Crippen LogP contribution in [0.1, 0.15) is 40.7 Å². The van der Waals surface area contributed by atoms with E-state index in [0.717, 1.165) is 37.9 Å². The van der Waals surface area contributed by atoms with Crippen molar-refractivity contribution in [2.24, 2.45) is 5.92 Å². The third kappa shape index (κ3) is 4.58. The van der Waals surface area contributed by atoms with Gasteiger partial charge in [-0.3, -0.25) is 4.79 Å². The normalized spacial score (nSPS) is 14.8. The van der Waals surface area contributed by atoms with E-state index in [1.165, 1.54) is 6.20 Å². The number of carboxylic acids is 1. The van der Waals surface area contributed by atoms with Crippen LogP contribution >= 0.6 is 0 Å². The molecule has 0 unspecified atom stereocenters. The van der Waals surface area contributed by atoms with Crippen LogP contribution in [0.25, 0.3) is 0 Å². The molecule has 8 heteroatoms. The number of carboxylic acid groups (broad SMARTS) is 1. The largest absolute Gasteiger partial charge is 0.476 e. The maximum absolute atomic E-state index is 12.7. The number of aromatic carboxylic acids is 1. The lowest BCUT2D eigenvalue weighted by atomic mass is 9.96. The van der Waals surface area contributed by atoms with Gasteiger partial charge in [0.15, 0.2) is 5.69 Å². The third-order valence-corrected chi connectivity index (χ3v) is 4.83. The van der Waals surface area contributed by atoms with E-state index in [1.54, 1.807) is 11.1 Å². The number of nitrogens with zero attached hydrogens (tertiary/aromatic N) is 5. The van der Waals surface area contributed by atoms with Gasteiger partial charge in [0.1, 0.15) is 11.5 Å². The van der Waals surface area contributed by atoms with Crippen LogP contribution in [0.5, 0.6) is 0 Å². The Morgan fingerprint density at radius 2 is 1.85 bits per heavy atom. The molecule has 3 heterocycles. The highest BCUT2D eigenvalue weighted by Crippen LogP contribution is 2.22. The van der Waals surface area contributed by atoms with Crippen molar-refractivity contribution in [3.8, 4) is 0 Å². The van der Waals surface area contributed by atoms with E-state index < -0.39 is 5.97 Å². The third-order valence-electron chi connectivity index (χ3n) is 4.83. The molecule has 0 saturated carbocycles. The number of anilines is 1. The summed E-state index contributed by atoms with van der Waals surface area (Å²) in [5.74, 6) is 0.0379. The van der Waals surface area contributed by atoms with Crippen molar-refractivity contribution in [2.75, 3.05) is 31.1 Å². The molecule has 2 aromatic rings. The molecule has 1 saturated heterocycles. The predicted octanol–water partition coefficient (Wildman–Crippen LogP) is 1.95. The molecular formula is C19H23N5O3. The molecule has 1 aliphatic rings. The van der Waals surface area contributed by atoms with E-state index in [0.29, 0.717) is 19.0 Å². The average Bonchev–Trinajstić information content (AvgIpc) is 2.72. The number of carbonyl (C=O) groups excluding carboxylic acids is 1. The summed E-state index contributed by atoms with van der Waals surface area (Å²) < 4.78 is 0. The molecule has 142 valence electrons. The SMILES string of the molecule is CCN(CC1CCN(c2ccccn2)CC1)C(=O)c1cnc(C(=O)O)cn1. The highest BCUT2D eigenvalue weighted by molar-refractivity contribution is 5.92. The van der Waals surface area contributed by atoms with Gasteiger partial charge in [0, 0.05) is 32.4 Å². The van der Waals surface area contributed by atoms with E-state index in [1.807, 2.05) is 25.1 Å². The second-order valence-electron chi connectivity index (χ2n) is 6.55. The van der Waals surface area contributed by atoms with Crippen LogP contribution in [0.2, 0.25) is 0 Å². The first-order valence-corrected chi connectivity index (χ1v) is 9.09. The summed E-state index contributed by atoms with van der Waals surface area (Å²) in [6.07, 6.45) is 6.14. The maximum atomic E-state index is 12.7. The molecule has 2 aromatic heterocycles. The number of rotatable bonds is 6. The summed E-state index contributed by atoms with van der Waals surface area (Å²) in [6.45, 7) is 5.00. The minimum atomic E-state index is -1.16. The Balaban J connectivity index is 1.57. The number of pyridine rings is 1. The smallest absolute Gasteiger partial charge is 0.356 e. The molecule has 0 radical (unpaired) electrons. The summed E-state index contributed by atoms with van der Waals surface area (Å²) in [7, 11) is 0. The molecule has 8 nitrogen and oxygen atoms in total. The Labute approximate surface area is 157 Å². The fourth-order valence-electron chi connectivity index (χ4n) is 3.26. The van der Waals surface area contributed by atoms with Crippen molar-refractivity contribution >= 4 is 17.7 Å². The van der Waals surface area contributed by atoms with E-state index in [2.05, 4.69) is 19.9 Å². The molecule has 0 aliphatic carbocycles. The first-order valence-electron chi connectivity index (χ1n) is 9.09. The van der Waals surface area contributed by atoms with Crippen LogP contribution in [-0.2, 0) is 0 Å². The molecular weight excluding hydrogens is 346 g/mol. The van der Waals surface area contributed by atoms with Crippen molar-refractivity contribution in [2.45, 2.75) is 19.8 Å². The zero-order valence-corrected chi connectivity index (χ0v) is 15.3. The quantitative estimate of drug-likeness (QED) is 0.831. The first kappa shape index (κ1) is 18.8. The zero-order chi connectivity index (χ0) is 19.2. The van der Waals surface area contributed by atoms with Gasteiger partial charge in [0.2, 0.25) is 0 Å². The maximum Gasteiger partial charge on any atom is 0.356 e. The fourth-order valence-corrected chi connectivity index (χ4v) is 3.26. The number of hydrogen-bond donors (Lipinski definition) is 1. The van der Waals surface area contributed by atoms with Gasteiger partial charge < -0.3 is 14.9 Å². The lowest BCUT2D eigenvalue weighted by Crippen LogP contribution is -2.41. The Morgan fingerprint density at radius 3 is 2.41 bits per heavy atom. The van der Waals surface area contributed by atoms with Crippen LogP contribution in [0.15, 0.2) is 36.8 Å². The van der Waals surface area contributed by atoms with Crippen LogP contribution in [-0.4, -0.2) is 63.0 Å². The van der Waals surface area contributed by atoms with Gasteiger partial charge in [-0.25, -0.2) is 19.7 Å². The minimum absolute atomic E-state index is 0.170. The molecule has 0 atom stereocenters. The number of amides is 1. The summed E-state index contributed by atoms with van der Waals surface area (Å²) in [5, 5.41) is 8.88. The van der Waals surface area contributed by atoms with E-state index >= 15 is 0 Å². The van der Waals surface area contributed by atoms with Crippen molar-refractivity contribution in [3.05, 3.63) is 48.2 Å². The van der Waals surface area contributed by atoms with Crippen molar-refractivity contribution in [1.29, 1.82) is 0 Å². The number of hydrogen-bond acceptors (Lipinski definition) is 6. The second-order valence-corrected chi connectivity index (χ2v) is 6.55. The predicted molar refractivity (Wildman–Crippen MR) is 99.7 cm³/mol. The topological polar surface area (TPSA) is 99.5 Å². The summed E-state index contributed by atoms with van der Waals surface area (Å²) in [5.41, 5.74) is 0.00395. The van der Waals surface area contributed by atoms with Crippen molar-refractivity contribution in [1.82, 2.24) is 19.9 Å². The van der Waals surface area contributed by atoms with Gasteiger partial charge in [-0.05, 0) is 37.8 Å². The lowest BCUT2D eigenvalue weighted by Gasteiger charge is -2.35. The highest BCUT2D eigenvalue weighted by atomic mass is 16.4. The Bertz CT molecular complexity index is 774. The number of aromatic nitrogens is 3. The van der Waals surface area contributed by atoms with Gasteiger partial charge in [-0.1, -0.05) is 6.07 Å². The van der Waals surface area contributed by atoms with E-state index in [-0.39, 0.29) is 17.3 Å². The molecule has 0 aromatic carbocycles. The zero-order valence-electron chi connectivity index (χ0n) is 15.3. The number of carbonyl (C=O) groups is 2. The van der Waals surface area contributed by atoms with Gasteiger partial charge in [0.05, 0.1) is 12.4 Å². The van der Waals surface area contributed by atoms with Gasteiger partial charge in [0.25, 0.3) is 5.91 Å². The van der Waals surface area contributed by atoms with Crippen LogP contribution in [0.4, 0.5) is 5.82 Å². The Hall–Kier alpha value is -3.03. The van der Waals surface area contributed by atoms with Crippen molar-refractivity contribution < 1.29 is 14.7 Å². The summed E-state index contributed by atoms with van der Waals surface area (Å²) in [4.78, 5) is 39.7. The Kier molecular flexibility index (Phi) is 5.95. The average molecular weight is 369 g/mol. The molecule has 1 amide bonds. The first-order chi connectivity index (χ1) is 13.1.